The highest BCUT2D eigenvalue weighted by Gasteiger charge is 2.06. The molecule has 0 aliphatic heterocycles. The van der Waals surface area contributed by atoms with Gasteiger partial charge >= 0.3 is 23.9 Å². The Morgan fingerprint density at radius 2 is 0.800 bits per heavy atom. The molecular formula is C24H38O11. The molecule has 0 amide bonds. The molecule has 11 heteroatoms. The van der Waals surface area contributed by atoms with Crippen molar-refractivity contribution in [2.45, 2.75) is 77.0 Å². The number of aldehydes is 2. The number of carbonyl (C=O) groups excluding carboxylic acids is 6. The minimum Gasteiger partial charge on any atom is -0.466 e. The van der Waals surface area contributed by atoms with Gasteiger partial charge in [-0.25, -0.2) is 0 Å². The highest BCUT2D eigenvalue weighted by molar-refractivity contribution is 5.73. The topological polar surface area (TPSA) is 149 Å². The molecule has 35 heavy (non-hydrogen) atoms. The Kier molecular flexibility index (Phi) is 22.4. The minimum atomic E-state index is -0.396. The summed E-state index contributed by atoms with van der Waals surface area (Å²) in [6, 6.07) is 0. The molecule has 0 unspecified atom stereocenters. The molecule has 0 atom stereocenters. The summed E-state index contributed by atoms with van der Waals surface area (Å²) in [5.41, 5.74) is 0. The third-order valence-electron chi connectivity index (χ3n) is 4.49. The van der Waals surface area contributed by atoms with Crippen LogP contribution in [0.4, 0.5) is 0 Å². The van der Waals surface area contributed by atoms with Crippen LogP contribution in [-0.2, 0) is 52.5 Å². The third-order valence-corrected chi connectivity index (χ3v) is 4.49. The zero-order valence-corrected chi connectivity index (χ0v) is 20.4. The van der Waals surface area contributed by atoms with E-state index in [4.69, 9.17) is 23.7 Å². The first kappa shape index (κ1) is 32.2. The van der Waals surface area contributed by atoms with Crippen molar-refractivity contribution < 1.29 is 52.5 Å². The van der Waals surface area contributed by atoms with E-state index in [-0.39, 0.29) is 90.1 Å². The van der Waals surface area contributed by atoms with Gasteiger partial charge in [0.25, 0.3) is 0 Å². The van der Waals surface area contributed by atoms with Crippen LogP contribution in [0.15, 0.2) is 0 Å². The second-order valence-electron chi connectivity index (χ2n) is 7.53. The van der Waals surface area contributed by atoms with Gasteiger partial charge in [0.2, 0.25) is 0 Å². The molecule has 0 fully saturated rings. The summed E-state index contributed by atoms with van der Waals surface area (Å²) >= 11 is 0. The third kappa shape index (κ3) is 24.1. The van der Waals surface area contributed by atoms with Crippen molar-refractivity contribution in [3.05, 3.63) is 0 Å². The van der Waals surface area contributed by atoms with Gasteiger partial charge in [-0.1, -0.05) is 0 Å². The lowest BCUT2D eigenvalue weighted by Crippen LogP contribution is -2.14. The van der Waals surface area contributed by atoms with Gasteiger partial charge in [-0.15, -0.1) is 0 Å². The van der Waals surface area contributed by atoms with Crippen LogP contribution in [0.5, 0.6) is 0 Å². The smallest absolute Gasteiger partial charge is 0.306 e. The van der Waals surface area contributed by atoms with E-state index >= 15 is 0 Å². The van der Waals surface area contributed by atoms with Gasteiger partial charge in [0.1, 0.15) is 25.8 Å². The lowest BCUT2D eigenvalue weighted by atomic mass is 10.2. The maximum absolute atomic E-state index is 11.6. The van der Waals surface area contributed by atoms with Gasteiger partial charge in [-0.3, -0.25) is 19.2 Å². The maximum Gasteiger partial charge on any atom is 0.306 e. The second kappa shape index (κ2) is 24.3. The second-order valence-corrected chi connectivity index (χ2v) is 7.53. The predicted octanol–water partition coefficient (Wildman–Crippen LogP) is 2.25. The van der Waals surface area contributed by atoms with Crippen molar-refractivity contribution in [3.8, 4) is 0 Å². The molecule has 11 nitrogen and oxygen atoms in total. The summed E-state index contributed by atoms with van der Waals surface area (Å²) in [6.07, 6.45) is 6.32. The minimum absolute atomic E-state index is 0.0909. The molecule has 0 saturated carbocycles. The van der Waals surface area contributed by atoms with Crippen molar-refractivity contribution in [3.63, 3.8) is 0 Å². The highest BCUT2D eigenvalue weighted by Crippen LogP contribution is 2.04. The number of hydrogen-bond acceptors (Lipinski definition) is 11. The number of unbranched alkanes of at least 4 members (excludes halogenated alkanes) is 4. The van der Waals surface area contributed by atoms with Gasteiger partial charge in [0.15, 0.2) is 0 Å². The first-order valence-corrected chi connectivity index (χ1v) is 12.1. The summed E-state index contributed by atoms with van der Waals surface area (Å²) in [7, 11) is 0. The molecule has 0 spiro atoms. The molecule has 0 N–H and O–H groups in total. The van der Waals surface area contributed by atoms with E-state index in [1.807, 2.05) is 0 Å². The number of ether oxygens (including phenoxy) is 5. The van der Waals surface area contributed by atoms with E-state index in [0.717, 1.165) is 0 Å². The number of rotatable bonds is 24. The molecule has 0 aromatic rings. The van der Waals surface area contributed by atoms with Crippen molar-refractivity contribution >= 4 is 36.4 Å². The van der Waals surface area contributed by atoms with Crippen molar-refractivity contribution in [2.75, 3.05) is 39.6 Å². The van der Waals surface area contributed by atoms with Crippen LogP contribution in [0.3, 0.4) is 0 Å². The van der Waals surface area contributed by atoms with E-state index < -0.39 is 11.9 Å². The van der Waals surface area contributed by atoms with Crippen LogP contribution in [0.1, 0.15) is 77.0 Å². The average molecular weight is 503 g/mol. The van der Waals surface area contributed by atoms with Crippen molar-refractivity contribution in [1.82, 2.24) is 0 Å². The molecule has 0 aromatic heterocycles. The average Bonchev–Trinajstić information content (AvgIpc) is 2.84. The number of esters is 4. The maximum atomic E-state index is 11.6. The predicted molar refractivity (Wildman–Crippen MR) is 122 cm³/mol. The lowest BCUT2D eigenvalue weighted by molar-refractivity contribution is -0.148. The Bertz CT molecular complexity index is 567. The fraction of sp³-hybridized carbons (Fsp3) is 0.750. The molecule has 0 rings (SSSR count). The Morgan fingerprint density at radius 3 is 1.20 bits per heavy atom. The standard InChI is InChI=1S/C24H38O11/c25-13-7-11-23(29)32-15-5-1-3-9-21(27)34-19-17-31-18-20-35-22(28)10-4-2-6-16-33-24(30)12-8-14-26/h13-14H,1-12,15-20H2. The summed E-state index contributed by atoms with van der Waals surface area (Å²) < 4.78 is 25.2. The molecule has 0 aliphatic rings. The Morgan fingerprint density at radius 1 is 0.429 bits per heavy atom. The number of carbonyl (C=O) groups is 6. The normalized spacial score (nSPS) is 10.3. The van der Waals surface area contributed by atoms with E-state index in [2.05, 4.69) is 0 Å². The van der Waals surface area contributed by atoms with Gasteiger partial charge in [0.05, 0.1) is 39.3 Å². The van der Waals surface area contributed by atoms with Gasteiger partial charge in [-0.2, -0.15) is 0 Å². The van der Waals surface area contributed by atoms with E-state index in [1.54, 1.807) is 0 Å². The van der Waals surface area contributed by atoms with Crippen molar-refractivity contribution in [1.29, 1.82) is 0 Å². The van der Waals surface area contributed by atoms with Gasteiger partial charge < -0.3 is 33.3 Å². The SMILES string of the molecule is O=CCCC(=O)OCCCCCC(=O)OCCOCCOC(=O)CCCCCOC(=O)CCC=O. The van der Waals surface area contributed by atoms with Gasteiger partial charge in [0, 0.05) is 25.7 Å². The first-order valence-electron chi connectivity index (χ1n) is 12.1. The van der Waals surface area contributed by atoms with Gasteiger partial charge in [-0.05, 0) is 38.5 Å². The summed E-state index contributed by atoms with van der Waals surface area (Å²) in [4.78, 5) is 65.9. The molecule has 0 bridgehead atoms. The quantitative estimate of drug-likeness (QED) is 0.0828. The van der Waals surface area contributed by atoms with Crippen LogP contribution in [0, 0.1) is 0 Å². The van der Waals surface area contributed by atoms with Crippen molar-refractivity contribution in [2.24, 2.45) is 0 Å². The molecule has 200 valence electrons. The molecule has 0 heterocycles. The van der Waals surface area contributed by atoms with Crippen LogP contribution in [0.2, 0.25) is 0 Å². The van der Waals surface area contributed by atoms with Crippen LogP contribution in [0.25, 0.3) is 0 Å². The summed E-state index contributed by atoms with van der Waals surface area (Å²) in [6.45, 7) is 1.16. The molecule has 0 aliphatic carbocycles. The van der Waals surface area contributed by atoms with E-state index in [9.17, 15) is 28.8 Å². The molecular weight excluding hydrogens is 464 g/mol. The fourth-order valence-corrected chi connectivity index (χ4v) is 2.64. The van der Waals surface area contributed by atoms with Crippen LogP contribution < -0.4 is 0 Å². The lowest BCUT2D eigenvalue weighted by Gasteiger charge is -2.08. The molecule has 0 saturated heterocycles. The zero-order chi connectivity index (χ0) is 26.0. The van der Waals surface area contributed by atoms with Crippen LogP contribution in [-0.4, -0.2) is 76.1 Å². The molecule has 0 radical (unpaired) electrons. The van der Waals surface area contributed by atoms with E-state index in [1.165, 1.54) is 0 Å². The highest BCUT2D eigenvalue weighted by atomic mass is 16.6. The fourth-order valence-electron chi connectivity index (χ4n) is 2.64. The monoisotopic (exact) mass is 502 g/mol. The first-order chi connectivity index (χ1) is 17.0. The Labute approximate surface area is 206 Å². The summed E-state index contributed by atoms with van der Waals surface area (Å²) in [5.74, 6) is -1.46. The Hall–Kier alpha value is -2.82. The Balaban J connectivity index is 3.39. The van der Waals surface area contributed by atoms with E-state index in [0.29, 0.717) is 51.1 Å². The van der Waals surface area contributed by atoms with Crippen LogP contribution >= 0.6 is 0 Å². The summed E-state index contributed by atoms with van der Waals surface area (Å²) in [5, 5.41) is 0. The zero-order valence-electron chi connectivity index (χ0n) is 20.4. The number of hydrogen-bond donors (Lipinski definition) is 0. The molecule has 0 aromatic carbocycles. The largest absolute Gasteiger partial charge is 0.466 e.